The third kappa shape index (κ3) is 2.74. The number of halogens is 1. The standard InChI is InChI=1S/C14H17ClN2O3S/c15-13-10-11(17-8-3-9-21(17,19)20)4-5-12(13)14(18)16-6-1-2-7-16/h4-5,10H,1-3,6-9H2. The van der Waals surface area contributed by atoms with Crippen molar-refractivity contribution in [2.45, 2.75) is 19.3 Å². The molecule has 0 aromatic heterocycles. The van der Waals surface area contributed by atoms with Gasteiger partial charge in [-0.25, -0.2) is 8.42 Å². The normalized spacial score (nSPS) is 21.0. The molecular formula is C14H17ClN2O3S. The van der Waals surface area contributed by atoms with Crippen LogP contribution in [0, 0.1) is 0 Å². The first-order valence-corrected chi connectivity index (χ1v) is 9.07. The number of rotatable bonds is 2. The molecule has 114 valence electrons. The SMILES string of the molecule is O=C(c1ccc(N2CCCS2(=O)=O)cc1Cl)N1CCCC1. The van der Waals surface area contributed by atoms with Crippen LogP contribution in [0.2, 0.25) is 5.02 Å². The fourth-order valence-corrected chi connectivity index (χ4v) is 4.66. The predicted molar refractivity (Wildman–Crippen MR) is 82.3 cm³/mol. The summed E-state index contributed by atoms with van der Waals surface area (Å²) in [6, 6.07) is 4.87. The largest absolute Gasteiger partial charge is 0.339 e. The number of amides is 1. The maximum atomic E-state index is 12.3. The van der Waals surface area contributed by atoms with E-state index in [1.807, 2.05) is 0 Å². The minimum atomic E-state index is -3.23. The lowest BCUT2D eigenvalue weighted by molar-refractivity contribution is 0.0793. The van der Waals surface area contributed by atoms with Gasteiger partial charge in [0.2, 0.25) is 10.0 Å². The van der Waals surface area contributed by atoms with Gasteiger partial charge in [-0.15, -0.1) is 0 Å². The third-order valence-corrected chi connectivity index (χ3v) is 6.15. The van der Waals surface area contributed by atoms with E-state index in [2.05, 4.69) is 0 Å². The number of sulfonamides is 1. The molecule has 2 fully saturated rings. The number of anilines is 1. The Kier molecular flexibility index (Phi) is 3.84. The number of likely N-dealkylation sites (tertiary alicyclic amines) is 1. The second-order valence-corrected chi connectivity index (χ2v) is 7.83. The van der Waals surface area contributed by atoms with Gasteiger partial charge in [0.15, 0.2) is 0 Å². The smallest absolute Gasteiger partial charge is 0.255 e. The average Bonchev–Trinajstić information content (AvgIpc) is 3.07. The van der Waals surface area contributed by atoms with E-state index in [1.165, 1.54) is 4.31 Å². The van der Waals surface area contributed by atoms with Crippen LogP contribution < -0.4 is 4.31 Å². The van der Waals surface area contributed by atoms with Crippen LogP contribution in [0.5, 0.6) is 0 Å². The van der Waals surface area contributed by atoms with Crippen LogP contribution in [0.3, 0.4) is 0 Å². The molecule has 5 nitrogen and oxygen atoms in total. The van der Waals surface area contributed by atoms with Crippen molar-refractivity contribution in [3.63, 3.8) is 0 Å². The Labute approximate surface area is 129 Å². The van der Waals surface area contributed by atoms with Gasteiger partial charge in [-0.2, -0.15) is 0 Å². The van der Waals surface area contributed by atoms with Gasteiger partial charge in [0.25, 0.3) is 5.91 Å². The Hall–Kier alpha value is -1.27. The van der Waals surface area contributed by atoms with Crippen molar-refractivity contribution in [3.8, 4) is 0 Å². The first-order chi connectivity index (χ1) is 9.99. The summed E-state index contributed by atoms with van der Waals surface area (Å²) >= 11 is 6.21. The van der Waals surface area contributed by atoms with Crippen LogP contribution in [0.15, 0.2) is 18.2 Å². The first kappa shape index (κ1) is 14.7. The maximum Gasteiger partial charge on any atom is 0.255 e. The van der Waals surface area contributed by atoms with Gasteiger partial charge in [0.05, 0.1) is 22.0 Å². The minimum Gasteiger partial charge on any atom is -0.339 e. The molecule has 0 bridgehead atoms. The summed E-state index contributed by atoms with van der Waals surface area (Å²) in [4.78, 5) is 14.1. The fourth-order valence-electron chi connectivity index (χ4n) is 2.85. The number of benzene rings is 1. The third-order valence-electron chi connectivity index (χ3n) is 3.96. The highest BCUT2D eigenvalue weighted by Crippen LogP contribution is 2.29. The number of nitrogens with zero attached hydrogens (tertiary/aromatic N) is 2. The van der Waals surface area contributed by atoms with Crippen molar-refractivity contribution in [1.82, 2.24) is 4.90 Å². The Balaban J connectivity index is 1.88. The molecular weight excluding hydrogens is 312 g/mol. The molecule has 1 aromatic carbocycles. The van der Waals surface area contributed by atoms with Gasteiger partial charge in [-0.1, -0.05) is 11.6 Å². The van der Waals surface area contributed by atoms with Crippen molar-refractivity contribution in [2.24, 2.45) is 0 Å². The molecule has 21 heavy (non-hydrogen) atoms. The summed E-state index contributed by atoms with van der Waals surface area (Å²) in [6.07, 6.45) is 2.66. The minimum absolute atomic E-state index is 0.0756. The lowest BCUT2D eigenvalue weighted by atomic mass is 10.1. The summed E-state index contributed by atoms with van der Waals surface area (Å²) in [5.41, 5.74) is 0.981. The number of hydrogen-bond acceptors (Lipinski definition) is 3. The van der Waals surface area contributed by atoms with Gasteiger partial charge < -0.3 is 4.90 Å². The molecule has 2 heterocycles. The second kappa shape index (κ2) is 5.50. The molecule has 7 heteroatoms. The molecule has 0 unspecified atom stereocenters. The molecule has 0 radical (unpaired) electrons. The highest BCUT2D eigenvalue weighted by molar-refractivity contribution is 7.93. The first-order valence-electron chi connectivity index (χ1n) is 7.08. The van der Waals surface area contributed by atoms with Crippen LogP contribution in [0.4, 0.5) is 5.69 Å². The van der Waals surface area contributed by atoms with E-state index in [1.54, 1.807) is 23.1 Å². The molecule has 0 aliphatic carbocycles. The van der Waals surface area contributed by atoms with E-state index < -0.39 is 10.0 Å². The summed E-state index contributed by atoms with van der Waals surface area (Å²) in [5, 5.41) is 0.312. The summed E-state index contributed by atoms with van der Waals surface area (Å²) < 4.78 is 25.2. The number of carbonyl (C=O) groups is 1. The summed E-state index contributed by atoms with van der Waals surface area (Å²) in [6.45, 7) is 1.99. The number of hydrogen-bond donors (Lipinski definition) is 0. The second-order valence-electron chi connectivity index (χ2n) is 5.41. The zero-order chi connectivity index (χ0) is 15.0. The van der Waals surface area contributed by atoms with Crippen LogP contribution >= 0.6 is 11.6 Å². The van der Waals surface area contributed by atoms with Crippen LogP contribution in [0.25, 0.3) is 0 Å². The van der Waals surface area contributed by atoms with Gasteiger partial charge >= 0.3 is 0 Å². The predicted octanol–water partition coefficient (Wildman–Crippen LogP) is 2.12. The van der Waals surface area contributed by atoms with Crippen molar-refractivity contribution in [3.05, 3.63) is 28.8 Å². The van der Waals surface area contributed by atoms with E-state index >= 15 is 0 Å². The van der Waals surface area contributed by atoms with Crippen molar-refractivity contribution < 1.29 is 13.2 Å². The van der Waals surface area contributed by atoms with Crippen LogP contribution in [-0.4, -0.2) is 44.6 Å². The maximum absolute atomic E-state index is 12.3. The van der Waals surface area contributed by atoms with E-state index in [4.69, 9.17) is 11.6 Å². The molecule has 0 atom stereocenters. The van der Waals surface area contributed by atoms with Gasteiger partial charge in [-0.05, 0) is 37.5 Å². The highest BCUT2D eigenvalue weighted by atomic mass is 35.5. The molecule has 1 aromatic rings. The highest BCUT2D eigenvalue weighted by Gasteiger charge is 2.29. The average molecular weight is 329 g/mol. The molecule has 2 aliphatic rings. The van der Waals surface area contributed by atoms with Crippen molar-refractivity contribution in [1.29, 1.82) is 0 Å². The lowest BCUT2D eigenvalue weighted by Gasteiger charge is -2.19. The Morgan fingerprint density at radius 1 is 1.10 bits per heavy atom. The topological polar surface area (TPSA) is 57.7 Å². The van der Waals surface area contributed by atoms with Gasteiger partial charge in [0.1, 0.15) is 0 Å². The fraction of sp³-hybridized carbons (Fsp3) is 0.500. The van der Waals surface area contributed by atoms with E-state index in [0.717, 1.165) is 25.9 Å². The molecule has 0 N–H and O–H groups in total. The Morgan fingerprint density at radius 3 is 2.38 bits per heavy atom. The van der Waals surface area contributed by atoms with Crippen LogP contribution in [-0.2, 0) is 10.0 Å². The molecule has 3 rings (SSSR count). The monoisotopic (exact) mass is 328 g/mol. The summed E-state index contributed by atoms with van der Waals surface area (Å²) in [5.74, 6) is 0.0901. The Morgan fingerprint density at radius 2 is 1.81 bits per heavy atom. The summed E-state index contributed by atoms with van der Waals surface area (Å²) in [7, 11) is -3.23. The van der Waals surface area contributed by atoms with Crippen LogP contribution in [0.1, 0.15) is 29.6 Å². The molecule has 1 amide bonds. The molecule has 2 aliphatic heterocycles. The Bertz CT molecular complexity index is 669. The van der Waals surface area contributed by atoms with Crippen molar-refractivity contribution in [2.75, 3.05) is 29.7 Å². The zero-order valence-corrected chi connectivity index (χ0v) is 13.2. The van der Waals surface area contributed by atoms with Crippen molar-refractivity contribution >= 4 is 33.2 Å². The molecule has 2 saturated heterocycles. The van der Waals surface area contributed by atoms with E-state index in [0.29, 0.717) is 29.2 Å². The van der Waals surface area contributed by atoms with Gasteiger partial charge in [-0.3, -0.25) is 9.10 Å². The number of carbonyl (C=O) groups excluding carboxylic acids is 1. The van der Waals surface area contributed by atoms with Gasteiger partial charge in [0, 0.05) is 19.6 Å². The lowest BCUT2D eigenvalue weighted by Crippen LogP contribution is -2.28. The zero-order valence-electron chi connectivity index (χ0n) is 11.6. The molecule has 0 spiro atoms. The molecule has 0 saturated carbocycles. The van der Waals surface area contributed by atoms with E-state index in [9.17, 15) is 13.2 Å². The quantitative estimate of drug-likeness (QED) is 0.835. The van der Waals surface area contributed by atoms with E-state index in [-0.39, 0.29) is 11.7 Å².